The number of carbonyl (C=O) groups is 1. The molecule has 3 aliphatic rings. The van der Waals surface area contributed by atoms with Gasteiger partial charge in [0.25, 0.3) is 0 Å². The molecule has 2 N–H and O–H groups in total. The molecule has 1 aromatic carbocycles. The van der Waals surface area contributed by atoms with Gasteiger partial charge in [0.2, 0.25) is 5.95 Å². The van der Waals surface area contributed by atoms with Crippen molar-refractivity contribution in [3.8, 4) is 11.3 Å². The Morgan fingerprint density at radius 1 is 1.12 bits per heavy atom. The number of nitrogens with zero attached hydrogens (tertiary/aromatic N) is 4. The number of aryl methyl sites for hydroxylation is 1. The predicted molar refractivity (Wildman–Crippen MR) is 133 cm³/mol. The number of urea groups is 1. The zero-order valence-corrected chi connectivity index (χ0v) is 20.1. The maximum atomic E-state index is 13.9. The largest absolute Gasteiger partial charge is 0.354 e. The Hall–Kier alpha value is -2.74. The SMILES string of the molecule is Cc1cc(F)ccc1-c1nc(NCCCN2CCCC2)nc2c1CNC(=O)N2C1CCCCC1. The highest BCUT2D eigenvalue weighted by atomic mass is 19.1. The van der Waals surface area contributed by atoms with Crippen LogP contribution in [0.1, 0.15) is 62.5 Å². The van der Waals surface area contributed by atoms with Crippen molar-refractivity contribution in [1.29, 1.82) is 0 Å². The molecular formula is C26H35FN6O. The first-order valence-electron chi connectivity index (χ1n) is 12.8. The van der Waals surface area contributed by atoms with Gasteiger partial charge in [-0.1, -0.05) is 19.3 Å². The number of carbonyl (C=O) groups excluding carboxylic acids is 1. The van der Waals surface area contributed by atoms with Crippen LogP contribution in [0.25, 0.3) is 11.3 Å². The summed E-state index contributed by atoms with van der Waals surface area (Å²) in [5, 5.41) is 6.45. The zero-order chi connectivity index (χ0) is 23.5. The van der Waals surface area contributed by atoms with Crippen LogP contribution < -0.4 is 15.5 Å². The number of halogens is 1. The van der Waals surface area contributed by atoms with Gasteiger partial charge in [-0.25, -0.2) is 14.2 Å². The average Bonchev–Trinajstić information content (AvgIpc) is 3.35. The number of nitrogens with one attached hydrogen (secondary N) is 2. The smallest absolute Gasteiger partial charge is 0.323 e. The molecule has 0 bridgehead atoms. The fourth-order valence-corrected chi connectivity index (χ4v) is 5.56. The Labute approximate surface area is 201 Å². The molecule has 5 rings (SSSR count). The molecule has 2 aliphatic heterocycles. The van der Waals surface area contributed by atoms with Gasteiger partial charge in [0.1, 0.15) is 11.6 Å². The van der Waals surface area contributed by atoms with Gasteiger partial charge >= 0.3 is 6.03 Å². The maximum Gasteiger partial charge on any atom is 0.323 e. The van der Waals surface area contributed by atoms with Crippen LogP contribution in [-0.2, 0) is 6.54 Å². The predicted octanol–water partition coefficient (Wildman–Crippen LogP) is 4.85. The van der Waals surface area contributed by atoms with E-state index in [4.69, 9.17) is 9.97 Å². The lowest BCUT2D eigenvalue weighted by molar-refractivity contribution is 0.239. The summed E-state index contributed by atoms with van der Waals surface area (Å²) in [6, 6.07) is 4.85. The fraction of sp³-hybridized carbons (Fsp3) is 0.577. The Balaban J connectivity index is 1.47. The van der Waals surface area contributed by atoms with E-state index in [2.05, 4.69) is 15.5 Å². The summed E-state index contributed by atoms with van der Waals surface area (Å²) in [7, 11) is 0. The lowest BCUT2D eigenvalue weighted by atomic mass is 9.93. The fourth-order valence-electron chi connectivity index (χ4n) is 5.56. The van der Waals surface area contributed by atoms with Crippen molar-refractivity contribution in [3.63, 3.8) is 0 Å². The van der Waals surface area contributed by atoms with E-state index < -0.39 is 0 Å². The van der Waals surface area contributed by atoms with E-state index in [-0.39, 0.29) is 17.9 Å². The van der Waals surface area contributed by atoms with Crippen LogP contribution in [0.3, 0.4) is 0 Å². The average molecular weight is 467 g/mol. The second kappa shape index (κ2) is 10.3. The minimum absolute atomic E-state index is 0.0835. The molecule has 7 nitrogen and oxygen atoms in total. The Morgan fingerprint density at radius 2 is 1.91 bits per heavy atom. The highest BCUT2D eigenvalue weighted by molar-refractivity contribution is 5.96. The molecule has 0 spiro atoms. The van der Waals surface area contributed by atoms with E-state index in [1.165, 1.54) is 44.5 Å². The molecule has 1 saturated heterocycles. The van der Waals surface area contributed by atoms with Crippen molar-refractivity contribution in [2.75, 3.05) is 36.4 Å². The number of hydrogen-bond acceptors (Lipinski definition) is 5. The number of amides is 2. The van der Waals surface area contributed by atoms with E-state index in [0.717, 1.165) is 67.6 Å². The molecule has 182 valence electrons. The second-order valence-electron chi connectivity index (χ2n) is 9.81. The highest BCUT2D eigenvalue weighted by Gasteiger charge is 2.35. The quantitative estimate of drug-likeness (QED) is 0.571. The van der Waals surface area contributed by atoms with E-state index in [0.29, 0.717) is 18.3 Å². The molecule has 0 radical (unpaired) electrons. The van der Waals surface area contributed by atoms with Gasteiger partial charge in [0, 0.05) is 23.7 Å². The van der Waals surface area contributed by atoms with Crippen molar-refractivity contribution < 1.29 is 9.18 Å². The molecule has 1 saturated carbocycles. The Morgan fingerprint density at radius 3 is 2.68 bits per heavy atom. The number of anilines is 2. The normalized spacial score (nSPS) is 19.2. The third kappa shape index (κ3) is 4.87. The third-order valence-electron chi connectivity index (χ3n) is 7.36. The van der Waals surface area contributed by atoms with E-state index in [1.807, 2.05) is 11.8 Å². The summed E-state index contributed by atoms with van der Waals surface area (Å²) in [6.07, 6.45) is 9.04. The molecule has 1 aliphatic carbocycles. The van der Waals surface area contributed by atoms with Crippen molar-refractivity contribution in [1.82, 2.24) is 20.2 Å². The standard InChI is InChI=1S/C26H35FN6O/c1-18-16-19(27)10-11-21(18)23-22-17-29-26(34)33(20-8-3-2-4-9-20)24(22)31-25(30-23)28-12-7-15-32-13-5-6-14-32/h10-11,16,20H,2-9,12-15,17H2,1H3,(H,29,34)(H,28,30,31). The van der Waals surface area contributed by atoms with Crippen LogP contribution in [0.2, 0.25) is 0 Å². The summed E-state index contributed by atoms with van der Waals surface area (Å²) < 4.78 is 13.9. The van der Waals surface area contributed by atoms with E-state index >= 15 is 0 Å². The number of fused-ring (bicyclic) bond motifs is 1. The third-order valence-corrected chi connectivity index (χ3v) is 7.36. The lowest BCUT2D eigenvalue weighted by Crippen LogP contribution is -2.51. The summed E-state index contributed by atoms with van der Waals surface area (Å²) in [4.78, 5) is 27.1. The zero-order valence-electron chi connectivity index (χ0n) is 20.1. The summed E-state index contributed by atoms with van der Waals surface area (Å²) in [6.45, 7) is 6.49. The maximum absolute atomic E-state index is 13.9. The second-order valence-corrected chi connectivity index (χ2v) is 9.81. The molecule has 3 heterocycles. The first-order chi connectivity index (χ1) is 16.6. The topological polar surface area (TPSA) is 73.4 Å². The number of likely N-dealkylation sites (tertiary alicyclic amines) is 1. The molecule has 2 amide bonds. The lowest BCUT2D eigenvalue weighted by Gasteiger charge is -2.37. The monoisotopic (exact) mass is 466 g/mol. The van der Waals surface area contributed by atoms with Crippen LogP contribution in [0.15, 0.2) is 18.2 Å². The minimum Gasteiger partial charge on any atom is -0.354 e. The summed E-state index contributed by atoms with van der Waals surface area (Å²) in [5.74, 6) is 0.974. The number of rotatable bonds is 7. The molecule has 34 heavy (non-hydrogen) atoms. The van der Waals surface area contributed by atoms with Gasteiger partial charge in [0.05, 0.1) is 12.2 Å². The van der Waals surface area contributed by atoms with Crippen LogP contribution >= 0.6 is 0 Å². The van der Waals surface area contributed by atoms with Crippen LogP contribution in [0.4, 0.5) is 21.0 Å². The summed E-state index contributed by atoms with van der Waals surface area (Å²) in [5.41, 5.74) is 3.37. The van der Waals surface area contributed by atoms with Crippen LogP contribution in [-0.4, -0.2) is 53.1 Å². The van der Waals surface area contributed by atoms with Gasteiger partial charge in [-0.2, -0.15) is 4.98 Å². The number of hydrogen-bond donors (Lipinski definition) is 2. The van der Waals surface area contributed by atoms with Crippen LogP contribution in [0, 0.1) is 12.7 Å². The van der Waals surface area contributed by atoms with Crippen LogP contribution in [0.5, 0.6) is 0 Å². The van der Waals surface area contributed by atoms with Gasteiger partial charge < -0.3 is 15.5 Å². The first kappa shape index (κ1) is 23.0. The minimum atomic E-state index is -0.262. The van der Waals surface area contributed by atoms with Crippen molar-refractivity contribution in [2.24, 2.45) is 0 Å². The van der Waals surface area contributed by atoms with Gasteiger partial charge in [-0.05, 0) is 82.4 Å². The molecule has 1 aromatic heterocycles. The Kier molecular flexibility index (Phi) is 6.94. The molecule has 8 heteroatoms. The summed E-state index contributed by atoms with van der Waals surface area (Å²) >= 11 is 0. The first-order valence-corrected chi connectivity index (χ1v) is 12.8. The van der Waals surface area contributed by atoms with Crippen molar-refractivity contribution >= 4 is 17.8 Å². The van der Waals surface area contributed by atoms with Gasteiger partial charge in [0.15, 0.2) is 0 Å². The number of benzene rings is 1. The highest BCUT2D eigenvalue weighted by Crippen LogP contribution is 2.37. The Bertz CT molecular complexity index is 1030. The molecule has 2 fully saturated rings. The molecule has 2 aromatic rings. The van der Waals surface area contributed by atoms with Crippen molar-refractivity contribution in [3.05, 3.63) is 35.1 Å². The van der Waals surface area contributed by atoms with Crippen molar-refractivity contribution in [2.45, 2.75) is 70.9 Å². The van der Waals surface area contributed by atoms with E-state index in [9.17, 15) is 9.18 Å². The number of aromatic nitrogens is 2. The van der Waals surface area contributed by atoms with E-state index in [1.54, 1.807) is 6.07 Å². The van der Waals surface area contributed by atoms with Gasteiger partial charge in [-0.15, -0.1) is 0 Å². The molecule has 0 atom stereocenters. The van der Waals surface area contributed by atoms with Gasteiger partial charge in [-0.3, -0.25) is 4.90 Å². The molecular weight excluding hydrogens is 431 g/mol. The molecule has 0 unspecified atom stereocenters.